The van der Waals surface area contributed by atoms with Gasteiger partial charge < -0.3 is 15.4 Å². The number of halogens is 2. The Morgan fingerprint density at radius 3 is 3.04 bits per heavy atom. The number of carbonyl (C=O) groups is 1. The summed E-state index contributed by atoms with van der Waals surface area (Å²) in [6.45, 7) is 2.30. The highest BCUT2D eigenvalue weighted by Crippen LogP contribution is 2.20. The maximum Gasteiger partial charge on any atom is 0.271 e. The van der Waals surface area contributed by atoms with Crippen LogP contribution >= 0.6 is 24.0 Å². The second kappa shape index (κ2) is 9.92. The Morgan fingerprint density at radius 1 is 1.50 bits per heavy atom. The van der Waals surface area contributed by atoms with Gasteiger partial charge in [0.1, 0.15) is 5.69 Å². The number of nitrogens with zero attached hydrogens (tertiary/aromatic N) is 2. The summed E-state index contributed by atoms with van der Waals surface area (Å²) in [5, 5.41) is 11.3. The molecule has 1 aliphatic heterocycles. The van der Waals surface area contributed by atoms with Crippen molar-refractivity contribution in [2.45, 2.75) is 25.0 Å². The van der Waals surface area contributed by atoms with Crippen LogP contribution in [0.4, 0.5) is 0 Å². The summed E-state index contributed by atoms with van der Waals surface area (Å²) in [4.78, 5) is 12.4. The zero-order chi connectivity index (χ0) is 17.6. The van der Waals surface area contributed by atoms with Gasteiger partial charge in [0.05, 0.1) is 12.1 Å². The van der Waals surface area contributed by atoms with E-state index in [9.17, 15) is 4.79 Å². The lowest BCUT2D eigenvalue weighted by atomic mass is 10.1. The van der Waals surface area contributed by atoms with Crippen LogP contribution in [0.1, 0.15) is 41.0 Å². The molecule has 1 saturated heterocycles. The van der Waals surface area contributed by atoms with Gasteiger partial charge in [0.15, 0.2) is 0 Å². The molecule has 0 saturated carbocycles. The van der Waals surface area contributed by atoms with E-state index < -0.39 is 0 Å². The molecule has 1 aliphatic rings. The minimum atomic E-state index is -0.257. The molecule has 3 rings (SSSR count). The number of hydrogen-bond acceptors (Lipinski definition) is 4. The van der Waals surface area contributed by atoms with Crippen molar-refractivity contribution in [1.29, 1.82) is 0 Å². The molecule has 2 aromatic rings. The maximum atomic E-state index is 12.4. The number of ether oxygens (including phenoxy) is 1. The first-order chi connectivity index (χ1) is 12.2. The lowest BCUT2D eigenvalue weighted by Crippen LogP contribution is -2.32. The molecule has 142 valence electrons. The molecule has 2 unspecified atom stereocenters. The van der Waals surface area contributed by atoms with Crippen LogP contribution in [0, 0.1) is 0 Å². The number of rotatable bonds is 6. The van der Waals surface area contributed by atoms with E-state index in [4.69, 9.17) is 16.3 Å². The second-order valence-corrected chi connectivity index (χ2v) is 6.61. The monoisotopic (exact) mass is 398 g/mol. The highest BCUT2D eigenvalue weighted by atomic mass is 35.5. The standard InChI is InChI=1S/C18H23ClN4O2.ClH/c1-25-17(13-4-2-5-14(19)10-13)12-21-18(24)16-7-9-23(22-16)15-6-3-8-20-11-15;/h2,4-5,7,9-10,15,17,20H,3,6,8,11-12H2,1H3,(H,21,24);1H. The summed E-state index contributed by atoms with van der Waals surface area (Å²) in [5.41, 5.74) is 1.35. The lowest BCUT2D eigenvalue weighted by Gasteiger charge is -2.22. The highest BCUT2D eigenvalue weighted by Gasteiger charge is 2.19. The van der Waals surface area contributed by atoms with Crippen molar-refractivity contribution in [2.75, 3.05) is 26.7 Å². The average Bonchev–Trinajstić information content (AvgIpc) is 3.13. The molecule has 1 amide bonds. The topological polar surface area (TPSA) is 68.2 Å². The van der Waals surface area contributed by atoms with E-state index in [0.717, 1.165) is 31.5 Å². The number of aromatic nitrogens is 2. The van der Waals surface area contributed by atoms with Gasteiger partial charge in [0.25, 0.3) is 5.91 Å². The van der Waals surface area contributed by atoms with Crippen molar-refractivity contribution in [3.8, 4) is 0 Å². The van der Waals surface area contributed by atoms with E-state index in [0.29, 0.717) is 23.3 Å². The molecule has 0 aliphatic carbocycles. The first kappa shape index (κ1) is 20.7. The zero-order valence-electron chi connectivity index (χ0n) is 14.7. The molecule has 1 aromatic heterocycles. The van der Waals surface area contributed by atoms with Crippen molar-refractivity contribution >= 4 is 29.9 Å². The fraction of sp³-hybridized carbons (Fsp3) is 0.444. The molecule has 26 heavy (non-hydrogen) atoms. The minimum absolute atomic E-state index is 0. The first-order valence-corrected chi connectivity index (χ1v) is 8.87. The number of carbonyl (C=O) groups excluding carboxylic acids is 1. The summed E-state index contributed by atoms with van der Waals surface area (Å²) < 4.78 is 7.35. The number of nitrogens with one attached hydrogen (secondary N) is 2. The van der Waals surface area contributed by atoms with E-state index in [1.54, 1.807) is 13.2 Å². The van der Waals surface area contributed by atoms with Crippen LogP contribution in [-0.4, -0.2) is 42.4 Å². The number of piperidine rings is 1. The van der Waals surface area contributed by atoms with Gasteiger partial charge in [0.2, 0.25) is 0 Å². The molecule has 0 spiro atoms. The molecular weight excluding hydrogens is 375 g/mol. The van der Waals surface area contributed by atoms with E-state index in [1.165, 1.54) is 0 Å². The highest BCUT2D eigenvalue weighted by molar-refractivity contribution is 6.30. The molecule has 1 fully saturated rings. The van der Waals surface area contributed by atoms with Crippen LogP contribution in [0.2, 0.25) is 5.02 Å². The van der Waals surface area contributed by atoms with Gasteiger partial charge in [-0.1, -0.05) is 23.7 Å². The van der Waals surface area contributed by atoms with Crippen molar-refractivity contribution < 1.29 is 9.53 Å². The van der Waals surface area contributed by atoms with Crippen molar-refractivity contribution in [3.05, 3.63) is 52.8 Å². The Bertz CT molecular complexity index is 717. The van der Waals surface area contributed by atoms with Gasteiger partial charge >= 0.3 is 0 Å². The predicted molar refractivity (Wildman–Crippen MR) is 104 cm³/mol. The van der Waals surface area contributed by atoms with Crippen LogP contribution in [0.15, 0.2) is 36.5 Å². The molecule has 2 N–H and O–H groups in total. The van der Waals surface area contributed by atoms with Crippen LogP contribution in [0.3, 0.4) is 0 Å². The van der Waals surface area contributed by atoms with Crippen LogP contribution in [-0.2, 0) is 4.74 Å². The number of methoxy groups -OCH3 is 1. The Morgan fingerprint density at radius 2 is 2.35 bits per heavy atom. The van der Waals surface area contributed by atoms with Crippen molar-refractivity contribution in [2.24, 2.45) is 0 Å². The lowest BCUT2D eigenvalue weighted by molar-refractivity contribution is 0.0823. The van der Waals surface area contributed by atoms with Gasteiger partial charge in [-0.3, -0.25) is 9.48 Å². The third kappa shape index (κ3) is 5.20. The van der Waals surface area contributed by atoms with E-state index in [1.807, 2.05) is 35.1 Å². The molecular formula is C18H24Cl2N4O2. The normalized spacial score (nSPS) is 18.0. The number of hydrogen-bond donors (Lipinski definition) is 2. The molecule has 0 radical (unpaired) electrons. The largest absolute Gasteiger partial charge is 0.375 e. The van der Waals surface area contributed by atoms with E-state index >= 15 is 0 Å². The first-order valence-electron chi connectivity index (χ1n) is 8.49. The summed E-state index contributed by atoms with van der Waals surface area (Å²) >= 11 is 6.02. The van der Waals surface area contributed by atoms with Crippen LogP contribution in [0.25, 0.3) is 0 Å². The maximum absolute atomic E-state index is 12.4. The van der Waals surface area contributed by atoms with Gasteiger partial charge in [-0.2, -0.15) is 5.10 Å². The minimum Gasteiger partial charge on any atom is -0.375 e. The second-order valence-electron chi connectivity index (χ2n) is 6.17. The fourth-order valence-corrected chi connectivity index (χ4v) is 3.24. The van der Waals surface area contributed by atoms with Crippen molar-refractivity contribution in [1.82, 2.24) is 20.4 Å². The van der Waals surface area contributed by atoms with Crippen LogP contribution < -0.4 is 10.6 Å². The summed E-state index contributed by atoms with van der Waals surface area (Å²) in [5.74, 6) is -0.202. The Hall–Kier alpha value is -1.60. The van der Waals surface area contributed by atoms with Gasteiger partial charge in [-0.05, 0) is 43.1 Å². The summed E-state index contributed by atoms with van der Waals surface area (Å²) in [6.07, 6.45) is 3.82. The van der Waals surface area contributed by atoms with Gasteiger partial charge in [0, 0.05) is 31.4 Å². The SMILES string of the molecule is COC(CNC(=O)c1ccn(C2CCCNC2)n1)c1cccc(Cl)c1.Cl. The predicted octanol–water partition coefficient (Wildman–Crippen LogP) is 3.00. The van der Waals surface area contributed by atoms with Crippen molar-refractivity contribution in [3.63, 3.8) is 0 Å². The summed E-state index contributed by atoms with van der Waals surface area (Å²) in [7, 11) is 1.61. The van der Waals surface area contributed by atoms with E-state index in [2.05, 4.69) is 15.7 Å². The molecule has 0 bridgehead atoms. The molecule has 2 atom stereocenters. The molecule has 2 heterocycles. The Kier molecular flexibility index (Phi) is 7.90. The molecule has 6 nitrogen and oxygen atoms in total. The molecule has 8 heteroatoms. The van der Waals surface area contributed by atoms with Gasteiger partial charge in [-0.25, -0.2) is 0 Å². The summed E-state index contributed by atoms with van der Waals surface area (Å²) in [6, 6.07) is 9.51. The Balaban J connectivity index is 0.00000243. The molecule has 1 aromatic carbocycles. The van der Waals surface area contributed by atoms with Crippen LogP contribution in [0.5, 0.6) is 0 Å². The fourth-order valence-electron chi connectivity index (χ4n) is 3.04. The van der Waals surface area contributed by atoms with E-state index in [-0.39, 0.29) is 24.4 Å². The quantitative estimate of drug-likeness (QED) is 0.784. The average molecular weight is 399 g/mol. The number of amides is 1. The third-order valence-electron chi connectivity index (χ3n) is 4.44. The Labute approximate surface area is 164 Å². The number of benzene rings is 1. The third-order valence-corrected chi connectivity index (χ3v) is 4.67. The zero-order valence-corrected chi connectivity index (χ0v) is 16.2. The smallest absolute Gasteiger partial charge is 0.271 e. The van der Waals surface area contributed by atoms with Gasteiger partial charge in [-0.15, -0.1) is 12.4 Å².